The molecule has 7 nitrogen and oxygen atoms in total. The topological polar surface area (TPSA) is 93.2 Å². The first-order valence-corrected chi connectivity index (χ1v) is 15.7. The molecule has 0 aromatic carbocycles. The van der Waals surface area contributed by atoms with Crippen LogP contribution >= 0.6 is 11.6 Å². The Bertz CT molecular complexity index is 1140. The molecule has 0 radical (unpaired) electrons. The molecule has 1 saturated heterocycles. The minimum Gasteiger partial charge on any atom is -0.383 e. The summed E-state index contributed by atoms with van der Waals surface area (Å²) in [7, 11) is -1.13. The SMILES string of the molecule is COC[C@@H](C)NC1CCC(Cc2cc(-c3cccc(NCC4(C)CCS(=O)(=O)CC4)n3)c(Cl)cn2)CC1. The molecule has 0 bridgehead atoms. The van der Waals surface area contributed by atoms with Crippen molar-refractivity contribution >= 4 is 27.3 Å². The monoisotopic (exact) mass is 548 g/mol. The van der Waals surface area contributed by atoms with Gasteiger partial charge in [-0.15, -0.1) is 0 Å². The summed E-state index contributed by atoms with van der Waals surface area (Å²) >= 11 is 6.57. The highest BCUT2D eigenvalue weighted by atomic mass is 35.5. The van der Waals surface area contributed by atoms with Gasteiger partial charge in [0.05, 0.1) is 28.8 Å². The Morgan fingerprint density at radius 1 is 1.19 bits per heavy atom. The number of methoxy groups -OCH3 is 1. The summed E-state index contributed by atoms with van der Waals surface area (Å²) in [5, 5.41) is 7.72. The molecule has 37 heavy (non-hydrogen) atoms. The van der Waals surface area contributed by atoms with E-state index >= 15 is 0 Å². The van der Waals surface area contributed by atoms with Gasteiger partial charge in [0, 0.05) is 43.2 Å². The maximum absolute atomic E-state index is 11.8. The second-order valence-corrected chi connectivity index (χ2v) is 14.0. The predicted octanol–water partition coefficient (Wildman–Crippen LogP) is 5.15. The van der Waals surface area contributed by atoms with E-state index in [0.29, 0.717) is 42.4 Å². The lowest BCUT2D eigenvalue weighted by Gasteiger charge is -2.33. The van der Waals surface area contributed by atoms with Crippen LogP contribution in [0.3, 0.4) is 0 Å². The van der Waals surface area contributed by atoms with Crippen LogP contribution in [0.5, 0.6) is 0 Å². The average Bonchev–Trinajstić information content (AvgIpc) is 2.88. The smallest absolute Gasteiger partial charge is 0.150 e. The number of aromatic nitrogens is 2. The molecule has 3 heterocycles. The van der Waals surface area contributed by atoms with Gasteiger partial charge >= 0.3 is 0 Å². The van der Waals surface area contributed by atoms with Crippen LogP contribution in [0.4, 0.5) is 5.82 Å². The summed E-state index contributed by atoms with van der Waals surface area (Å²) in [6, 6.07) is 8.94. The van der Waals surface area contributed by atoms with E-state index in [1.165, 1.54) is 25.7 Å². The molecule has 2 fully saturated rings. The lowest BCUT2D eigenvalue weighted by molar-refractivity contribution is 0.158. The summed E-state index contributed by atoms with van der Waals surface area (Å²) in [4.78, 5) is 9.46. The summed E-state index contributed by atoms with van der Waals surface area (Å²) in [6.45, 7) is 5.76. The van der Waals surface area contributed by atoms with Gasteiger partial charge in [0.25, 0.3) is 0 Å². The number of sulfone groups is 1. The van der Waals surface area contributed by atoms with E-state index in [4.69, 9.17) is 21.3 Å². The highest BCUT2D eigenvalue weighted by molar-refractivity contribution is 7.91. The molecule has 0 spiro atoms. The van der Waals surface area contributed by atoms with Gasteiger partial charge in [-0.2, -0.15) is 0 Å². The van der Waals surface area contributed by atoms with Gasteiger partial charge in [-0.25, -0.2) is 13.4 Å². The van der Waals surface area contributed by atoms with Crippen LogP contribution in [0.1, 0.15) is 58.1 Å². The Hall–Kier alpha value is -1.74. The van der Waals surface area contributed by atoms with E-state index in [0.717, 1.165) is 35.8 Å². The number of anilines is 1. The molecule has 1 atom stereocenters. The van der Waals surface area contributed by atoms with E-state index < -0.39 is 9.84 Å². The van der Waals surface area contributed by atoms with Crippen LogP contribution in [0, 0.1) is 11.3 Å². The van der Waals surface area contributed by atoms with Gasteiger partial charge in [0.1, 0.15) is 15.7 Å². The van der Waals surface area contributed by atoms with E-state index in [1.54, 1.807) is 13.3 Å². The number of hydrogen-bond acceptors (Lipinski definition) is 7. The van der Waals surface area contributed by atoms with Gasteiger partial charge in [0.15, 0.2) is 0 Å². The minimum atomic E-state index is -2.88. The molecule has 2 N–H and O–H groups in total. The molecule has 2 aliphatic rings. The molecule has 9 heteroatoms. The lowest BCUT2D eigenvalue weighted by atomic mass is 9.83. The molecule has 1 aliphatic heterocycles. The van der Waals surface area contributed by atoms with Crippen molar-refractivity contribution in [1.29, 1.82) is 0 Å². The first-order valence-electron chi connectivity index (χ1n) is 13.5. The summed E-state index contributed by atoms with van der Waals surface area (Å²) < 4.78 is 28.9. The third-order valence-electron chi connectivity index (χ3n) is 7.95. The number of nitrogens with zero attached hydrogens (tertiary/aromatic N) is 2. The minimum absolute atomic E-state index is 0.0547. The Morgan fingerprint density at radius 3 is 2.62 bits per heavy atom. The fraction of sp³-hybridized carbons (Fsp3) is 0.643. The van der Waals surface area contributed by atoms with Crippen molar-refractivity contribution in [2.75, 3.05) is 37.1 Å². The van der Waals surface area contributed by atoms with E-state index in [2.05, 4.69) is 35.5 Å². The van der Waals surface area contributed by atoms with E-state index in [1.807, 2.05) is 18.2 Å². The van der Waals surface area contributed by atoms with Crippen molar-refractivity contribution in [2.24, 2.45) is 11.3 Å². The molecular weight excluding hydrogens is 508 g/mol. The van der Waals surface area contributed by atoms with Crippen molar-refractivity contribution in [3.05, 3.63) is 41.2 Å². The normalized spacial score (nSPS) is 23.9. The average molecular weight is 549 g/mol. The highest BCUT2D eigenvalue weighted by Gasteiger charge is 2.33. The molecule has 0 unspecified atom stereocenters. The Labute approximate surface area is 227 Å². The number of pyridine rings is 2. The number of nitrogens with one attached hydrogen (secondary N) is 2. The van der Waals surface area contributed by atoms with Crippen molar-refractivity contribution in [3.8, 4) is 11.3 Å². The van der Waals surface area contributed by atoms with Gasteiger partial charge in [-0.1, -0.05) is 24.6 Å². The summed E-state index contributed by atoms with van der Waals surface area (Å²) in [5.74, 6) is 1.92. The first-order chi connectivity index (χ1) is 17.6. The first kappa shape index (κ1) is 28.3. The van der Waals surface area contributed by atoms with Crippen LogP contribution in [0.2, 0.25) is 5.02 Å². The fourth-order valence-electron chi connectivity index (χ4n) is 5.51. The van der Waals surface area contributed by atoms with E-state index in [9.17, 15) is 8.42 Å². The fourth-order valence-corrected chi connectivity index (χ4v) is 7.53. The molecule has 2 aromatic heterocycles. The van der Waals surface area contributed by atoms with Crippen LogP contribution in [0.25, 0.3) is 11.3 Å². The van der Waals surface area contributed by atoms with Crippen molar-refractivity contribution in [3.63, 3.8) is 0 Å². The number of ether oxygens (including phenoxy) is 1. The van der Waals surface area contributed by atoms with Crippen molar-refractivity contribution in [1.82, 2.24) is 15.3 Å². The second-order valence-electron chi connectivity index (χ2n) is 11.3. The van der Waals surface area contributed by atoms with Crippen LogP contribution in [-0.4, -0.2) is 62.2 Å². The quantitative estimate of drug-likeness (QED) is 0.424. The zero-order chi connectivity index (χ0) is 26.5. The lowest BCUT2D eigenvalue weighted by Crippen LogP contribution is -2.41. The Balaban J connectivity index is 1.36. The summed E-state index contributed by atoms with van der Waals surface area (Å²) in [6.07, 6.45) is 8.78. The molecule has 1 aliphatic carbocycles. The highest BCUT2D eigenvalue weighted by Crippen LogP contribution is 2.33. The van der Waals surface area contributed by atoms with Gasteiger partial charge in [-0.3, -0.25) is 4.98 Å². The third-order valence-corrected chi connectivity index (χ3v) is 9.90. The van der Waals surface area contributed by atoms with E-state index in [-0.39, 0.29) is 16.9 Å². The molecular formula is C28H41ClN4O3S. The molecule has 1 saturated carbocycles. The van der Waals surface area contributed by atoms with Crippen molar-refractivity contribution in [2.45, 2.75) is 70.9 Å². The largest absolute Gasteiger partial charge is 0.383 e. The van der Waals surface area contributed by atoms with Gasteiger partial charge in [0.2, 0.25) is 0 Å². The second kappa shape index (κ2) is 12.4. The Kier molecular flexibility index (Phi) is 9.48. The molecule has 0 amide bonds. The molecule has 4 rings (SSSR count). The maximum atomic E-state index is 11.8. The van der Waals surface area contributed by atoms with Gasteiger partial charge < -0.3 is 15.4 Å². The third kappa shape index (κ3) is 8.12. The van der Waals surface area contributed by atoms with Gasteiger partial charge in [-0.05, 0) is 81.4 Å². The molecule has 2 aromatic rings. The van der Waals surface area contributed by atoms with Crippen LogP contribution in [-0.2, 0) is 21.0 Å². The predicted molar refractivity (Wildman–Crippen MR) is 151 cm³/mol. The number of rotatable bonds is 10. The van der Waals surface area contributed by atoms with Crippen molar-refractivity contribution < 1.29 is 13.2 Å². The molecule has 204 valence electrons. The number of hydrogen-bond donors (Lipinski definition) is 2. The maximum Gasteiger partial charge on any atom is 0.150 e. The zero-order valence-corrected chi connectivity index (χ0v) is 23.9. The zero-order valence-electron chi connectivity index (χ0n) is 22.3. The van der Waals surface area contributed by atoms with Crippen LogP contribution in [0.15, 0.2) is 30.5 Å². The standard InChI is InChI=1S/C28H41ClN4O3S/c1-20(18-36-3)32-22-9-7-21(8-10-22)15-23-16-24(25(29)17-30-23)26-5-4-6-27(33-26)31-19-28(2)11-13-37(34,35)14-12-28/h4-6,16-17,20-22,32H,7-15,18-19H2,1-3H3,(H,31,33)/t20-,21?,22?/m1/s1. The van der Waals surface area contributed by atoms with Crippen LogP contribution < -0.4 is 10.6 Å². The Morgan fingerprint density at radius 2 is 1.92 bits per heavy atom. The summed E-state index contributed by atoms with van der Waals surface area (Å²) in [5.41, 5.74) is 2.71. The number of halogens is 1.